The third-order valence-electron chi connectivity index (χ3n) is 1.65. The van der Waals surface area contributed by atoms with Gasteiger partial charge in [0.15, 0.2) is 0 Å². The smallest absolute Gasteiger partial charge is 0.410 e. The van der Waals surface area contributed by atoms with Gasteiger partial charge in [-0.05, 0) is 13.8 Å². The fourth-order valence-corrected chi connectivity index (χ4v) is 1.07. The van der Waals surface area contributed by atoms with E-state index in [2.05, 4.69) is 5.32 Å². The molecule has 0 aromatic rings. The molecule has 1 aliphatic heterocycles. The number of hydrogen-bond acceptors (Lipinski definition) is 2. The van der Waals surface area contributed by atoms with E-state index in [9.17, 15) is 4.79 Å². The van der Waals surface area contributed by atoms with Crippen molar-refractivity contribution in [2.75, 3.05) is 26.2 Å². The van der Waals surface area contributed by atoms with Gasteiger partial charge in [-0.3, -0.25) is 0 Å². The van der Waals surface area contributed by atoms with E-state index in [1.54, 1.807) is 4.90 Å². The van der Waals surface area contributed by atoms with Crippen molar-refractivity contribution < 1.29 is 9.53 Å². The lowest BCUT2D eigenvalue weighted by molar-refractivity contribution is 0.0729. The van der Waals surface area contributed by atoms with Crippen molar-refractivity contribution in [3.05, 3.63) is 0 Å². The van der Waals surface area contributed by atoms with Crippen molar-refractivity contribution in [3.8, 4) is 0 Å². The number of ether oxygens (including phenoxy) is 1. The second kappa shape index (κ2) is 4.30. The third kappa shape index (κ3) is 2.70. The summed E-state index contributed by atoms with van der Waals surface area (Å²) in [5.74, 6) is 0. The maximum atomic E-state index is 11.3. The van der Waals surface area contributed by atoms with Gasteiger partial charge in [0.25, 0.3) is 0 Å². The predicted octanol–water partition coefficient (Wildman–Crippen LogP) is 0.451. The molecule has 0 N–H and O–H groups in total. The number of carbonyl (C=O) groups excluding carboxylic acids is 1. The lowest BCUT2D eigenvalue weighted by Crippen LogP contribution is -2.44. The van der Waals surface area contributed by atoms with Gasteiger partial charge >= 0.3 is 6.09 Å². The van der Waals surface area contributed by atoms with Crippen LogP contribution in [0.1, 0.15) is 13.8 Å². The summed E-state index contributed by atoms with van der Waals surface area (Å²) in [6.07, 6.45) is -0.240. The number of amides is 1. The first kappa shape index (κ1) is 9.32. The standard InChI is InChI=1S/C8H15N2O2/c1-7(2)12-8(11)10-5-3-9-4-6-10/h7H,3-6H2,1-2H3. The third-order valence-corrected chi connectivity index (χ3v) is 1.65. The van der Waals surface area contributed by atoms with Crippen LogP contribution in [0.15, 0.2) is 0 Å². The highest BCUT2D eigenvalue weighted by molar-refractivity contribution is 5.67. The van der Waals surface area contributed by atoms with Gasteiger partial charge in [-0.1, -0.05) is 0 Å². The zero-order valence-corrected chi connectivity index (χ0v) is 7.62. The van der Waals surface area contributed by atoms with Crippen LogP contribution in [0.5, 0.6) is 0 Å². The molecule has 4 nitrogen and oxygen atoms in total. The summed E-state index contributed by atoms with van der Waals surface area (Å²) in [5, 5.41) is 4.14. The van der Waals surface area contributed by atoms with Crippen molar-refractivity contribution in [2.24, 2.45) is 0 Å². The molecule has 12 heavy (non-hydrogen) atoms. The molecule has 0 aliphatic carbocycles. The van der Waals surface area contributed by atoms with Crippen LogP contribution in [0.25, 0.3) is 0 Å². The Kier molecular flexibility index (Phi) is 3.34. The van der Waals surface area contributed by atoms with Crippen molar-refractivity contribution in [2.45, 2.75) is 20.0 Å². The molecule has 1 radical (unpaired) electrons. The van der Waals surface area contributed by atoms with E-state index in [1.165, 1.54) is 0 Å². The summed E-state index contributed by atoms with van der Waals surface area (Å²) >= 11 is 0. The lowest BCUT2D eigenvalue weighted by Gasteiger charge is -2.26. The summed E-state index contributed by atoms with van der Waals surface area (Å²) in [6.45, 7) is 6.59. The molecule has 0 atom stereocenters. The lowest BCUT2D eigenvalue weighted by atomic mass is 10.4. The predicted molar refractivity (Wildman–Crippen MR) is 45.1 cm³/mol. The van der Waals surface area contributed by atoms with E-state index in [0.29, 0.717) is 13.1 Å². The Bertz CT molecular complexity index is 153. The van der Waals surface area contributed by atoms with Crippen LogP contribution < -0.4 is 5.32 Å². The van der Waals surface area contributed by atoms with Crippen molar-refractivity contribution >= 4 is 6.09 Å². The maximum absolute atomic E-state index is 11.3. The second-order valence-corrected chi connectivity index (χ2v) is 3.09. The van der Waals surface area contributed by atoms with Gasteiger partial charge in [-0.2, -0.15) is 0 Å². The molecule has 0 spiro atoms. The van der Waals surface area contributed by atoms with E-state index in [1.807, 2.05) is 13.8 Å². The van der Waals surface area contributed by atoms with Crippen molar-refractivity contribution in [3.63, 3.8) is 0 Å². The topological polar surface area (TPSA) is 43.6 Å². The molecule has 1 aliphatic rings. The van der Waals surface area contributed by atoms with Gasteiger partial charge < -0.3 is 9.64 Å². The fraction of sp³-hybridized carbons (Fsp3) is 0.875. The number of rotatable bonds is 1. The Labute approximate surface area is 72.9 Å². The molecule has 1 saturated heterocycles. The van der Waals surface area contributed by atoms with Crippen LogP contribution in [0.4, 0.5) is 4.79 Å². The van der Waals surface area contributed by atoms with E-state index < -0.39 is 0 Å². The Hall–Kier alpha value is -0.770. The highest BCUT2D eigenvalue weighted by atomic mass is 16.6. The van der Waals surface area contributed by atoms with E-state index in [4.69, 9.17) is 4.74 Å². The summed E-state index contributed by atoms with van der Waals surface area (Å²) in [4.78, 5) is 13.0. The molecule has 1 amide bonds. The monoisotopic (exact) mass is 171 g/mol. The molecule has 1 rings (SSSR count). The van der Waals surface area contributed by atoms with Gasteiger partial charge in [0.1, 0.15) is 0 Å². The van der Waals surface area contributed by atoms with Gasteiger partial charge in [-0.25, -0.2) is 10.1 Å². The van der Waals surface area contributed by atoms with Crippen LogP contribution >= 0.6 is 0 Å². The SMILES string of the molecule is CC(C)OC(=O)N1CC[N]CC1. The number of nitrogens with zero attached hydrogens (tertiary/aromatic N) is 2. The van der Waals surface area contributed by atoms with Crippen LogP contribution in [0, 0.1) is 0 Å². The molecule has 1 fully saturated rings. The minimum absolute atomic E-state index is 0.0311. The molecule has 69 valence electrons. The van der Waals surface area contributed by atoms with Crippen LogP contribution in [0.2, 0.25) is 0 Å². The molecule has 4 heteroatoms. The maximum Gasteiger partial charge on any atom is 0.410 e. The first-order chi connectivity index (χ1) is 5.70. The highest BCUT2D eigenvalue weighted by Crippen LogP contribution is 1.99. The van der Waals surface area contributed by atoms with Crippen LogP contribution in [-0.2, 0) is 4.74 Å². The summed E-state index contributed by atoms with van der Waals surface area (Å²) in [5.41, 5.74) is 0. The highest BCUT2D eigenvalue weighted by Gasteiger charge is 2.18. The number of hydrogen-bond donors (Lipinski definition) is 0. The minimum atomic E-state index is -0.208. The first-order valence-electron chi connectivity index (χ1n) is 4.29. The van der Waals surface area contributed by atoms with Gasteiger partial charge in [0.05, 0.1) is 6.10 Å². The summed E-state index contributed by atoms with van der Waals surface area (Å²) in [6, 6.07) is 0. The van der Waals surface area contributed by atoms with Crippen LogP contribution in [-0.4, -0.2) is 43.3 Å². The van der Waals surface area contributed by atoms with E-state index in [0.717, 1.165) is 13.1 Å². The zero-order valence-electron chi connectivity index (χ0n) is 7.62. The molecule has 1 heterocycles. The second-order valence-electron chi connectivity index (χ2n) is 3.09. The van der Waals surface area contributed by atoms with E-state index in [-0.39, 0.29) is 12.2 Å². The molecule has 0 aromatic heterocycles. The quantitative estimate of drug-likeness (QED) is 0.575. The Balaban J connectivity index is 2.30. The number of piperazine rings is 1. The summed E-state index contributed by atoms with van der Waals surface area (Å²) in [7, 11) is 0. The Morgan fingerprint density at radius 1 is 1.42 bits per heavy atom. The average Bonchev–Trinajstić information content (AvgIpc) is 2.05. The average molecular weight is 171 g/mol. The molecule has 0 aromatic carbocycles. The molecular weight excluding hydrogens is 156 g/mol. The largest absolute Gasteiger partial charge is 0.447 e. The molecular formula is C8H15N2O2. The molecule has 0 unspecified atom stereocenters. The summed E-state index contributed by atoms with van der Waals surface area (Å²) < 4.78 is 5.04. The van der Waals surface area contributed by atoms with Crippen molar-refractivity contribution in [1.29, 1.82) is 0 Å². The molecule has 0 saturated carbocycles. The van der Waals surface area contributed by atoms with Gasteiger partial charge in [-0.15, -0.1) is 0 Å². The molecule has 0 bridgehead atoms. The minimum Gasteiger partial charge on any atom is -0.447 e. The van der Waals surface area contributed by atoms with Gasteiger partial charge in [0, 0.05) is 26.2 Å². The Morgan fingerprint density at radius 3 is 2.50 bits per heavy atom. The van der Waals surface area contributed by atoms with Crippen LogP contribution in [0.3, 0.4) is 0 Å². The van der Waals surface area contributed by atoms with E-state index >= 15 is 0 Å². The Morgan fingerprint density at radius 2 is 2.00 bits per heavy atom. The number of carbonyl (C=O) groups is 1. The zero-order chi connectivity index (χ0) is 8.97. The van der Waals surface area contributed by atoms with Gasteiger partial charge in [0.2, 0.25) is 0 Å². The van der Waals surface area contributed by atoms with Crippen molar-refractivity contribution in [1.82, 2.24) is 10.2 Å². The normalized spacial score (nSPS) is 18.1. The fourth-order valence-electron chi connectivity index (χ4n) is 1.07. The first-order valence-corrected chi connectivity index (χ1v) is 4.29.